The molecule has 0 N–H and O–H groups in total. The third kappa shape index (κ3) is 3.06. The molecule has 0 aliphatic carbocycles. The van der Waals surface area contributed by atoms with Crippen LogP contribution in [0.1, 0.15) is 37.8 Å². The average molecular weight is 274 g/mol. The monoisotopic (exact) mass is 274 g/mol. The highest BCUT2D eigenvalue weighted by molar-refractivity contribution is 5.65. The zero-order valence-corrected chi connectivity index (χ0v) is 12.0. The molecule has 0 aliphatic heterocycles. The van der Waals surface area contributed by atoms with Crippen LogP contribution in [0, 0.1) is 11.6 Å². The van der Waals surface area contributed by atoms with Crippen molar-refractivity contribution in [1.82, 2.24) is 0 Å². The van der Waals surface area contributed by atoms with E-state index >= 15 is 0 Å². The second-order valence-electron chi connectivity index (χ2n) is 5.10. The van der Waals surface area contributed by atoms with Crippen LogP contribution >= 0.6 is 0 Å². The van der Waals surface area contributed by atoms with Crippen molar-refractivity contribution in [1.29, 1.82) is 0 Å². The summed E-state index contributed by atoms with van der Waals surface area (Å²) in [7, 11) is 0. The molecule has 20 heavy (non-hydrogen) atoms. The van der Waals surface area contributed by atoms with Crippen LogP contribution in [0.25, 0.3) is 11.1 Å². The summed E-state index contributed by atoms with van der Waals surface area (Å²) in [6.45, 7) is 4.08. The van der Waals surface area contributed by atoms with Crippen LogP contribution in [-0.4, -0.2) is 0 Å². The Bertz CT molecular complexity index is 571. The summed E-state index contributed by atoms with van der Waals surface area (Å²) in [4.78, 5) is 0. The first-order valence-electron chi connectivity index (χ1n) is 7.23. The first kappa shape index (κ1) is 14.7. The van der Waals surface area contributed by atoms with Gasteiger partial charge in [0.15, 0.2) is 11.6 Å². The van der Waals surface area contributed by atoms with Crippen LogP contribution < -0.4 is 0 Å². The highest BCUT2D eigenvalue weighted by Gasteiger charge is 2.14. The molecule has 106 valence electrons. The third-order valence-electron chi connectivity index (χ3n) is 3.49. The minimum absolute atomic E-state index is 0.338. The molecule has 0 bridgehead atoms. The van der Waals surface area contributed by atoms with Crippen LogP contribution in [-0.2, 0) is 12.8 Å². The molecule has 2 aromatic rings. The number of halogens is 2. The van der Waals surface area contributed by atoms with E-state index in [1.54, 1.807) is 12.1 Å². The van der Waals surface area contributed by atoms with Gasteiger partial charge in [0.05, 0.1) is 0 Å². The number of hydrogen-bond donors (Lipinski definition) is 0. The SMILES string of the molecule is CCCc1ccc(-c2ccc(CCC)c(F)c2F)cc1. The second kappa shape index (κ2) is 6.65. The molecule has 0 radical (unpaired) electrons. The minimum atomic E-state index is -0.737. The molecule has 0 saturated heterocycles. The van der Waals surface area contributed by atoms with Gasteiger partial charge in [0, 0.05) is 5.56 Å². The first-order chi connectivity index (χ1) is 9.67. The lowest BCUT2D eigenvalue weighted by Crippen LogP contribution is -1.97. The van der Waals surface area contributed by atoms with Crippen LogP contribution in [0.3, 0.4) is 0 Å². The lowest BCUT2D eigenvalue weighted by atomic mass is 9.99. The zero-order valence-electron chi connectivity index (χ0n) is 12.0. The van der Waals surface area contributed by atoms with Crippen molar-refractivity contribution in [2.24, 2.45) is 0 Å². The summed E-state index contributed by atoms with van der Waals surface area (Å²) in [5.74, 6) is -1.44. The van der Waals surface area contributed by atoms with Crippen LogP contribution in [0.2, 0.25) is 0 Å². The fraction of sp³-hybridized carbons (Fsp3) is 0.333. The maximum absolute atomic E-state index is 14.1. The Morgan fingerprint density at radius 2 is 1.40 bits per heavy atom. The van der Waals surface area contributed by atoms with Gasteiger partial charge in [-0.1, -0.05) is 63.1 Å². The summed E-state index contributed by atoms with van der Waals surface area (Å²) in [6, 6.07) is 11.1. The first-order valence-corrected chi connectivity index (χ1v) is 7.23. The Morgan fingerprint density at radius 3 is 2.00 bits per heavy atom. The van der Waals surface area contributed by atoms with Crippen molar-refractivity contribution < 1.29 is 8.78 Å². The molecule has 0 amide bonds. The summed E-state index contributed by atoms with van der Waals surface area (Å²) in [5.41, 5.74) is 2.74. The average Bonchev–Trinajstić information content (AvgIpc) is 2.46. The fourth-order valence-corrected chi connectivity index (χ4v) is 2.41. The Labute approximate surface area is 119 Å². The molecule has 0 nitrogen and oxygen atoms in total. The lowest BCUT2D eigenvalue weighted by molar-refractivity contribution is 0.500. The van der Waals surface area contributed by atoms with Gasteiger partial charge in [0.2, 0.25) is 0 Å². The molecule has 0 aromatic heterocycles. The Kier molecular flexibility index (Phi) is 4.89. The summed E-state index contributed by atoms with van der Waals surface area (Å²) >= 11 is 0. The van der Waals surface area contributed by atoms with E-state index in [0.29, 0.717) is 17.5 Å². The summed E-state index contributed by atoms with van der Waals surface area (Å²) in [6.07, 6.45) is 3.46. The van der Waals surface area contributed by atoms with Gasteiger partial charge in [-0.3, -0.25) is 0 Å². The molecule has 0 fully saturated rings. The van der Waals surface area contributed by atoms with Gasteiger partial charge < -0.3 is 0 Å². The predicted molar refractivity (Wildman–Crippen MR) is 79.8 cm³/mol. The van der Waals surface area contributed by atoms with Gasteiger partial charge in [-0.2, -0.15) is 0 Å². The molecule has 0 saturated carbocycles. The molecule has 0 spiro atoms. The molecule has 2 heteroatoms. The zero-order chi connectivity index (χ0) is 14.5. The molecule has 0 atom stereocenters. The van der Waals surface area contributed by atoms with E-state index in [1.165, 1.54) is 5.56 Å². The van der Waals surface area contributed by atoms with Gasteiger partial charge in [-0.15, -0.1) is 0 Å². The van der Waals surface area contributed by atoms with E-state index in [-0.39, 0.29) is 0 Å². The number of hydrogen-bond acceptors (Lipinski definition) is 0. The molecule has 0 heterocycles. The standard InChI is InChI=1S/C18H20F2/c1-3-5-13-7-9-14(10-8-13)16-12-11-15(6-4-2)17(19)18(16)20/h7-12H,3-6H2,1-2H3. The van der Waals surface area contributed by atoms with Crippen molar-refractivity contribution in [3.63, 3.8) is 0 Å². The maximum atomic E-state index is 14.1. The largest absolute Gasteiger partial charge is 0.203 e. The van der Waals surface area contributed by atoms with Gasteiger partial charge in [-0.25, -0.2) is 8.78 Å². The predicted octanol–water partition coefficient (Wildman–Crippen LogP) is 5.54. The topological polar surface area (TPSA) is 0 Å². The number of benzene rings is 2. The highest BCUT2D eigenvalue weighted by Crippen LogP contribution is 2.27. The molecular formula is C18H20F2. The Balaban J connectivity index is 2.35. The molecule has 2 aromatic carbocycles. The maximum Gasteiger partial charge on any atom is 0.166 e. The number of aryl methyl sites for hydroxylation is 2. The van der Waals surface area contributed by atoms with Crippen LogP contribution in [0.5, 0.6) is 0 Å². The van der Waals surface area contributed by atoms with Gasteiger partial charge in [0.25, 0.3) is 0 Å². The fourth-order valence-electron chi connectivity index (χ4n) is 2.41. The molecular weight excluding hydrogens is 254 g/mol. The third-order valence-corrected chi connectivity index (χ3v) is 3.49. The van der Waals surface area contributed by atoms with Gasteiger partial charge in [-0.05, 0) is 29.5 Å². The normalized spacial score (nSPS) is 10.8. The van der Waals surface area contributed by atoms with E-state index in [2.05, 4.69) is 6.92 Å². The van der Waals surface area contributed by atoms with Crippen molar-refractivity contribution in [2.45, 2.75) is 39.5 Å². The van der Waals surface area contributed by atoms with Crippen molar-refractivity contribution in [2.75, 3.05) is 0 Å². The smallest absolute Gasteiger partial charge is 0.166 e. The molecule has 0 aliphatic rings. The number of rotatable bonds is 5. The Hall–Kier alpha value is -1.70. The lowest BCUT2D eigenvalue weighted by Gasteiger charge is -2.09. The Morgan fingerprint density at radius 1 is 0.750 bits per heavy atom. The van der Waals surface area contributed by atoms with Gasteiger partial charge in [0.1, 0.15) is 0 Å². The van der Waals surface area contributed by atoms with Crippen LogP contribution in [0.15, 0.2) is 36.4 Å². The van der Waals surface area contributed by atoms with E-state index in [1.807, 2.05) is 31.2 Å². The van der Waals surface area contributed by atoms with E-state index in [4.69, 9.17) is 0 Å². The second-order valence-corrected chi connectivity index (χ2v) is 5.10. The van der Waals surface area contributed by atoms with Crippen molar-refractivity contribution in [3.8, 4) is 11.1 Å². The molecule has 0 unspecified atom stereocenters. The van der Waals surface area contributed by atoms with E-state index in [9.17, 15) is 8.78 Å². The quantitative estimate of drug-likeness (QED) is 0.671. The van der Waals surface area contributed by atoms with E-state index in [0.717, 1.165) is 24.8 Å². The van der Waals surface area contributed by atoms with Crippen molar-refractivity contribution >= 4 is 0 Å². The van der Waals surface area contributed by atoms with E-state index < -0.39 is 11.6 Å². The summed E-state index contributed by atoms with van der Waals surface area (Å²) in [5, 5.41) is 0. The van der Waals surface area contributed by atoms with Gasteiger partial charge >= 0.3 is 0 Å². The van der Waals surface area contributed by atoms with Crippen LogP contribution in [0.4, 0.5) is 8.78 Å². The molecule has 2 rings (SSSR count). The minimum Gasteiger partial charge on any atom is -0.203 e. The highest BCUT2D eigenvalue weighted by atomic mass is 19.2. The van der Waals surface area contributed by atoms with Crippen molar-refractivity contribution in [3.05, 3.63) is 59.2 Å². The summed E-state index contributed by atoms with van der Waals surface area (Å²) < 4.78 is 28.1.